The largest absolute Gasteiger partial charge is 0.352 e. The summed E-state index contributed by atoms with van der Waals surface area (Å²) in [6.07, 6.45) is 6.99. The fourth-order valence-electron chi connectivity index (χ4n) is 3.10. The third-order valence-electron chi connectivity index (χ3n) is 4.53. The van der Waals surface area contributed by atoms with Crippen molar-refractivity contribution in [2.24, 2.45) is 5.92 Å². The Morgan fingerprint density at radius 2 is 1.83 bits per heavy atom. The van der Waals surface area contributed by atoms with Crippen LogP contribution in [0.5, 0.6) is 0 Å². The molecule has 1 aliphatic rings. The van der Waals surface area contributed by atoms with Crippen molar-refractivity contribution in [2.45, 2.75) is 65.5 Å². The quantitative estimate of drug-likeness (QED) is 0.821. The number of likely N-dealkylation sites (tertiary alicyclic amines) is 1. The normalized spacial score (nSPS) is 16.3. The highest BCUT2D eigenvalue weighted by molar-refractivity contribution is 5.75. The molecule has 1 fully saturated rings. The SMILES string of the molecule is CC(C)CCC(=O)NCc1cccc(CN2CCCCCC2)c1. The highest BCUT2D eigenvalue weighted by Gasteiger charge is 2.10. The molecule has 1 N–H and O–H groups in total. The van der Waals surface area contributed by atoms with Gasteiger partial charge in [-0.3, -0.25) is 9.69 Å². The molecular weight excluding hydrogens is 284 g/mol. The highest BCUT2D eigenvalue weighted by Crippen LogP contribution is 2.14. The number of rotatable bonds is 7. The lowest BCUT2D eigenvalue weighted by atomic mass is 10.1. The molecule has 3 nitrogen and oxygen atoms in total. The minimum absolute atomic E-state index is 0.164. The van der Waals surface area contributed by atoms with E-state index in [2.05, 4.69) is 48.3 Å². The Labute approximate surface area is 141 Å². The summed E-state index contributed by atoms with van der Waals surface area (Å²) in [5, 5.41) is 3.04. The van der Waals surface area contributed by atoms with Crippen molar-refractivity contribution in [2.75, 3.05) is 13.1 Å². The zero-order chi connectivity index (χ0) is 16.5. The highest BCUT2D eigenvalue weighted by atomic mass is 16.1. The third-order valence-corrected chi connectivity index (χ3v) is 4.53. The summed E-state index contributed by atoms with van der Waals surface area (Å²) in [5.41, 5.74) is 2.57. The number of hydrogen-bond donors (Lipinski definition) is 1. The van der Waals surface area contributed by atoms with Gasteiger partial charge >= 0.3 is 0 Å². The van der Waals surface area contributed by atoms with Crippen LogP contribution in [0, 0.1) is 5.92 Å². The average Bonchev–Trinajstić information content (AvgIpc) is 2.80. The second-order valence-corrected chi connectivity index (χ2v) is 7.22. The summed E-state index contributed by atoms with van der Waals surface area (Å²) in [7, 11) is 0. The fourth-order valence-corrected chi connectivity index (χ4v) is 3.10. The van der Waals surface area contributed by atoms with E-state index < -0.39 is 0 Å². The molecule has 0 bridgehead atoms. The van der Waals surface area contributed by atoms with Crippen molar-refractivity contribution >= 4 is 5.91 Å². The minimum atomic E-state index is 0.164. The molecule has 1 aliphatic heterocycles. The number of hydrogen-bond acceptors (Lipinski definition) is 2. The van der Waals surface area contributed by atoms with E-state index in [-0.39, 0.29) is 5.91 Å². The predicted molar refractivity (Wildman–Crippen MR) is 96.1 cm³/mol. The van der Waals surface area contributed by atoms with Crippen LogP contribution in [-0.4, -0.2) is 23.9 Å². The van der Waals surface area contributed by atoms with Crippen molar-refractivity contribution in [1.82, 2.24) is 10.2 Å². The zero-order valence-electron chi connectivity index (χ0n) is 14.8. The van der Waals surface area contributed by atoms with Crippen molar-refractivity contribution in [3.63, 3.8) is 0 Å². The van der Waals surface area contributed by atoms with Gasteiger partial charge in [0.1, 0.15) is 0 Å². The van der Waals surface area contributed by atoms with Gasteiger partial charge in [0.25, 0.3) is 0 Å². The Balaban J connectivity index is 1.80. The van der Waals surface area contributed by atoms with Crippen molar-refractivity contribution in [3.8, 4) is 0 Å². The molecule has 2 rings (SSSR count). The van der Waals surface area contributed by atoms with Crippen LogP contribution < -0.4 is 5.32 Å². The maximum absolute atomic E-state index is 11.8. The van der Waals surface area contributed by atoms with Gasteiger partial charge < -0.3 is 5.32 Å². The van der Waals surface area contributed by atoms with Crippen LogP contribution in [0.4, 0.5) is 0 Å². The lowest BCUT2D eigenvalue weighted by Crippen LogP contribution is -2.24. The van der Waals surface area contributed by atoms with Crippen LogP contribution in [-0.2, 0) is 17.9 Å². The number of nitrogens with zero attached hydrogens (tertiary/aromatic N) is 1. The lowest BCUT2D eigenvalue weighted by molar-refractivity contribution is -0.121. The molecule has 0 spiro atoms. The van der Waals surface area contributed by atoms with Crippen molar-refractivity contribution in [1.29, 1.82) is 0 Å². The Morgan fingerprint density at radius 1 is 1.13 bits per heavy atom. The summed E-state index contributed by atoms with van der Waals surface area (Å²) in [6, 6.07) is 8.67. The molecule has 0 radical (unpaired) electrons. The third kappa shape index (κ3) is 7.17. The summed E-state index contributed by atoms with van der Waals surface area (Å²) in [4.78, 5) is 14.4. The summed E-state index contributed by atoms with van der Waals surface area (Å²) in [6.45, 7) is 8.42. The van der Waals surface area contributed by atoms with Crippen LogP contribution >= 0.6 is 0 Å². The van der Waals surface area contributed by atoms with E-state index in [1.165, 1.54) is 49.9 Å². The number of benzene rings is 1. The smallest absolute Gasteiger partial charge is 0.220 e. The standard InChI is InChI=1S/C20H32N2O/c1-17(2)10-11-20(23)21-15-18-8-7-9-19(14-18)16-22-12-5-3-4-6-13-22/h7-9,14,17H,3-6,10-13,15-16H2,1-2H3,(H,21,23). The Hall–Kier alpha value is -1.35. The second kappa shape index (κ2) is 9.71. The molecule has 1 aromatic rings. The average molecular weight is 316 g/mol. The molecule has 0 saturated carbocycles. The molecule has 1 heterocycles. The van der Waals surface area contributed by atoms with Gasteiger partial charge in [-0.15, -0.1) is 0 Å². The number of carbonyl (C=O) groups is 1. The van der Waals surface area contributed by atoms with Gasteiger partial charge in [-0.05, 0) is 49.4 Å². The summed E-state index contributed by atoms with van der Waals surface area (Å²) in [5.74, 6) is 0.745. The number of amides is 1. The molecule has 0 aromatic heterocycles. The molecule has 0 unspecified atom stereocenters. The van der Waals surface area contributed by atoms with Gasteiger partial charge in [-0.1, -0.05) is 51.0 Å². The second-order valence-electron chi connectivity index (χ2n) is 7.22. The van der Waals surface area contributed by atoms with E-state index in [0.29, 0.717) is 18.9 Å². The molecule has 0 atom stereocenters. The molecule has 1 aromatic carbocycles. The van der Waals surface area contributed by atoms with Crippen molar-refractivity contribution < 1.29 is 4.79 Å². The first kappa shape index (κ1) is 18.0. The predicted octanol–water partition coefficient (Wildman–Crippen LogP) is 4.12. The molecule has 1 amide bonds. The zero-order valence-corrected chi connectivity index (χ0v) is 14.8. The van der Waals surface area contributed by atoms with Crippen LogP contribution in [0.3, 0.4) is 0 Å². The first-order chi connectivity index (χ1) is 11.1. The molecule has 23 heavy (non-hydrogen) atoms. The van der Waals surface area contributed by atoms with E-state index in [9.17, 15) is 4.79 Å². The first-order valence-corrected chi connectivity index (χ1v) is 9.20. The molecule has 0 aliphatic carbocycles. The van der Waals surface area contributed by atoms with Crippen LogP contribution in [0.15, 0.2) is 24.3 Å². The molecular formula is C20H32N2O. The van der Waals surface area contributed by atoms with Gasteiger partial charge in [0, 0.05) is 19.5 Å². The number of nitrogens with one attached hydrogen (secondary N) is 1. The van der Waals surface area contributed by atoms with E-state index in [4.69, 9.17) is 0 Å². The first-order valence-electron chi connectivity index (χ1n) is 9.20. The van der Waals surface area contributed by atoms with E-state index >= 15 is 0 Å². The Bertz CT molecular complexity index is 476. The van der Waals surface area contributed by atoms with Crippen molar-refractivity contribution in [3.05, 3.63) is 35.4 Å². The topological polar surface area (TPSA) is 32.3 Å². The van der Waals surface area contributed by atoms with Gasteiger partial charge in [0.15, 0.2) is 0 Å². The summed E-state index contributed by atoms with van der Waals surface area (Å²) >= 11 is 0. The van der Waals surface area contributed by atoms with Crippen LogP contribution in [0.2, 0.25) is 0 Å². The van der Waals surface area contributed by atoms with Gasteiger partial charge in [0.05, 0.1) is 0 Å². The lowest BCUT2D eigenvalue weighted by Gasteiger charge is -2.20. The van der Waals surface area contributed by atoms with Crippen LogP contribution in [0.1, 0.15) is 63.5 Å². The Kier molecular flexibility index (Phi) is 7.60. The maximum atomic E-state index is 11.8. The minimum Gasteiger partial charge on any atom is -0.352 e. The van der Waals surface area contributed by atoms with E-state index in [0.717, 1.165) is 13.0 Å². The maximum Gasteiger partial charge on any atom is 0.220 e. The van der Waals surface area contributed by atoms with Crippen LogP contribution in [0.25, 0.3) is 0 Å². The Morgan fingerprint density at radius 3 is 2.52 bits per heavy atom. The van der Waals surface area contributed by atoms with E-state index in [1.54, 1.807) is 0 Å². The number of carbonyl (C=O) groups excluding carboxylic acids is 1. The monoisotopic (exact) mass is 316 g/mol. The summed E-state index contributed by atoms with van der Waals surface area (Å²) < 4.78 is 0. The fraction of sp³-hybridized carbons (Fsp3) is 0.650. The molecule has 1 saturated heterocycles. The molecule has 3 heteroatoms. The van der Waals surface area contributed by atoms with E-state index in [1.807, 2.05) is 0 Å². The van der Waals surface area contributed by atoms with Gasteiger partial charge in [-0.25, -0.2) is 0 Å². The molecule has 128 valence electrons. The van der Waals surface area contributed by atoms with Gasteiger partial charge in [0.2, 0.25) is 5.91 Å². The van der Waals surface area contributed by atoms with Gasteiger partial charge in [-0.2, -0.15) is 0 Å².